The van der Waals surface area contributed by atoms with Crippen molar-refractivity contribution < 1.29 is 9.53 Å². The summed E-state index contributed by atoms with van der Waals surface area (Å²) in [6, 6.07) is 2.09. The molecule has 0 bridgehead atoms. The number of rotatable bonds is 3. The first-order chi connectivity index (χ1) is 13.8. The SMILES string of the molecule is Cl.O=C(NCc1n[nH]c2c1CCCCC2)c1cc2c(s1)C1(CCNCC1)OCC2. The van der Waals surface area contributed by atoms with Crippen LogP contribution in [0, 0.1) is 0 Å². The van der Waals surface area contributed by atoms with Crippen LogP contribution < -0.4 is 10.6 Å². The van der Waals surface area contributed by atoms with Gasteiger partial charge in [-0.05, 0) is 75.2 Å². The van der Waals surface area contributed by atoms with Crippen LogP contribution in [0.15, 0.2) is 6.07 Å². The van der Waals surface area contributed by atoms with E-state index < -0.39 is 0 Å². The van der Waals surface area contributed by atoms with Crippen molar-refractivity contribution in [2.75, 3.05) is 19.7 Å². The van der Waals surface area contributed by atoms with E-state index in [0.717, 1.165) is 62.4 Å². The van der Waals surface area contributed by atoms with Crippen LogP contribution in [0.25, 0.3) is 0 Å². The standard InChI is InChI=1S/C21H28N4O2S.ClH/c26-20(23-13-17-15-4-2-1-3-5-16(15)24-25-17)18-12-14-6-11-27-21(19(14)28-18)7-9-22-10-8-21;/h12,22H,1-11,13H2,(H,23,26)(H,24,25);1H. The Morgan fingerprint density at radius 3 is 2.90 bits per heavy atom. The van der Waals surface area contributed by atoms with Gasteiger partial charge in [-0.15, -0.1) is 23.7 Å². The van der Waals surface area contributed by atoms with Gasteiger partial charge in [-0.25, -0.2) is 0 Å². The number of hydrogen-bond donors (Lipinski definition) is 3. The van der Waals surface area contributed by atoms with Gasteiger partial charge in [0.25, 0.3) is 5.91 Å². The smallest absolute Gasteiger partial charge is 0.261 e. The van der Waals surface area contributed by atoms with Crippen molar-refractivity contribution in [2.24, 2.45) is 0 Å². The molecule has 158 valence electrons. The Kier molecular flexibility index (Phi) is 6.30. The number of halogens is 1. The van der Waals surface area contributed by atoms with Crippen LogP contribution in [-0.4, -0.2) is 35.8 Å². The number of piperidine rings is 1. The van der Waals surface area contributed by atoms with Crippen LogP contribution in [0.3, 0.4) is 0 Å². The fraction of sp³-hybridized carbons (Fsp3) is 0.619. The zero-order valence-electron chi connectivity index (χ0n) is 16.6. The Labute approximate surface area is 181 Å². The Morgan fingerprint density at radius 1 is 1.21 bits per heavy atom. The highest BCUT2D eigenvalue weighted by Crippen LogP contribution is 2.44. The van der Waals surface area contributed by atoms with Crippen molar-refractivity contribution in [3.8, 4) is 0 Å². The molecule has 3 aliphatic rings. The number of nitrogens with one attached hydrogen (secondary N) is 3. The number of carbonyl (C=O) groups is 1. The van der Waals surface area contributed by atoms with Gasteiger partial charge >= 0.3 is 0 Å². The molecular weight excluding hydrogens is 408 g/mol. The largest absolute Gasteiger partial charge is 0.369 e. The minimum atomic E-state index is -0.179. The highest BCUT2D eigenvalue weighted by Gasteiger charge is 2.41. The monoisotopic (exact) mass is 436 g/mol. The molecule has 1 saturated heterocycles. The number of aromatic nitrogens is 2. The minimum Gasteiger partial charge on any atom is -0.369 e. The second kappa shape index (κ2) is 8.76. The van der Waals surface area contributed by atoms with Crippen LogP contribution in [0.1, 0.15) is 69.2 Å². The maximum atomic E-state index is 12.9. The third kappa shape index (κ3) is 3.98. The number of thiophene rings is 1. The molecule has 2 aromatic rings. The fourth-order valence-corrected chi connectivity index (χ4v) is 6.19. The van der Waals surface area contributed by atoms with E-state index >= 15 is 0 Å². The van der Waals surface area contributed by atoms with E-state index in [9.17, 15) is 4.79 Å². The van der Waals surface area contributed by atoms with Crippen molar-refractivity contribution in [3.63, 3.8) is 0 Å². The molecule has 1 spiro atoms. The molecule has 6 nitrogen and oxygen atoms in total. The molecule has 2 aromatic heterocycles. The van der Waals surface area contributed by atoms with Crippen LogP contribution in [0.5, 0.6) is 0 Å². The lowest BCUT2D eigenvalue weighted by Crippen LogP contribution is -2.43. The maximum absolute atomic E-state index is 12.9. The van der Waals surface area contributed by atoms with Crippen LogP contribution in [-0.2, 0) is 36.1 Å². The summed E-state index contributed by atoms with van der Waals surface area (Å²) >= 11 is 1.63. The topological polar surface area (TPSA) is 79.0 Å². The van der Waals surface area contributed by atoms with Crippen molar-refractivity contribution in [1.82, 2.24) is 20.8 Å². The molecule has 29 heavy (non-hydrogen) atoms. The van der Waals surface area contributed by atoms with E-state index in [1.54, 1.807) is 11.3 Å². The van der Waals surface area contributed by atoms with E-state index in [-0.39, 0.29) is 23.9 Å². The lowest BCUT2D eigenvalue weighted by atomic mass is 9.86. The van der Waals surface area contributed by atoms with Gasteiger partial charge < -0.3 is 15.4 Å². The number of amides is 1. The second-order valence-electron chi connectivity index (χ2n) is 8.18. The number of carbonyl (C=O) groups excluding carboxylic acids is 1. The molecule has 0 unspecified atom stereocenters. The first-order valence-electron chi connectivity index (χ1n) is 10.6. The highest BCUT2D eigenvalue weighted by atomic mass is 35.5. The third-order valence-electron chi connectivity index (χ3n) is 6.42. The number of nitrogens with zero attached hydrogens (tertiary/aromatic N) is 1. The maximum Gasteiger partial charge on any atom is 0.261 e. The van der Waals surface area contributed by atoms with Gasteiger partial charge in [-0.3, -0.25) is 9.89 Å². The number of hydrogen-bond acceptors (Lipinski definition) is 5. The number of aromatic amines is 1. The summed E-state index contributed by atoms with van der Waals surface area (Å²) in [6.07, 6.45) is 8.73. The quantitative estimate of drug-likeness (QED) is 0.645. The normalized spacial score (nSPS) is 20.3. The number of fused-ring (bicyclic) bond motifs is 3. The zero-order chi connectivity index (χ0) is 19.0. The lowest BCUT2D eigenvalue weighted by Gasteiger charge is -2.40. The van der Waals surface area contributed by atoms with Crippen molar-refractivity contribution in [3.05, 3.63) is 38.3 Å². The van der Waals surface area contributed by atoms with Crippen molar-refractivity contribution in [1.29, 1.82) is 0 Å². The van der Waals surface area contributed by atoms with Crippen LogP contribution in [0.2, 0.25) is 0 Å². The van der Waals surface area contributed by atoms with Crippen LogP contribution in [0.4, 0.5) is 0 Å². The van der Waals surface area contributed by atoms with Gasteiger partial charge in [0.15, 0.2) is 0 Å². The number of ether oxygens (including phenoxy) is 1. The third-order valence-corrected chi connectivity index (χ3v) is 7.78. The number of aryl methyl sites for hydroxylation is 1. The van der Waals surface area contributed by atoms with Crippen LogP contribution >= 0.6 is 23.7 Å². The van der Waals surface area contributed by atoms with Gasteiger partial charge in [0.1, 0.15) is 5.60 Å². The summed E-state index contributed by atoms with van der Waals surface area (Å²) in [4.78, 5) is 15.0. The molecule has 0 radical (unpaired) electrons. The molecule has 8 heteroatoms. The molecule has 3 N–H and O–H groups in total. The summed E-state index contributed by atoms with van der Waals surface area (Å²) in [5, 5.41) is 14.2. The molecule has 0 saturated carbocycles. The molecule has 1 aliphatic carbocycles. The Bertz CT molecular complexity index is 872. The molecule has 0 atom stereocenters. The van der Waals surface area contributed by atoms with Gasteiger partial charge in [0, 0.05) is 10.6 Å². The van der Waals surface area contributed by atoms with Gasteiger partial charge in [0.05, 0.1) is 23.7 Å². The summed E-state index contributed by atoms with van der Waals surface area (Å²) in [5.41, 5.74) is 4.71. The Balaban J connectivity index is 0.00000205. The van der Waals surface area contributed by atoms with Gasteiger partial charge in [-0.1, -0.05) is 6.42 Å². The molecule has 1 fully saturated rings. The Morgan fingerprint density at radius 2 is 2.03 bits per heavy atom. The van der Waals surface area contributed by atoms with E-state index in [2.05, 4.69) is 26.9 Å². The van der Waals surface area contributed by atoms with E-state index in [1.807, 2.05) is 0 Å². The minimum absolute atomic E-state index is 0. The second-order valence-corrected chi connectivity index (χ2v) is 9.23. The highest BCUT2D eigenvalue weighted by molar-refractivity contribution is 7.14. The van der Waals surface area contributed by atoms with Crippen molar-refractivity contribution in [2.45, 2.75) is 63.5 Å². The summed E-state index contributed by atoms with van der Waals surface area (Å²) in [5.74, 6) is 0.00820. The molecule has 4 heterocycles. The van der Waals surface area contributed by atoms with E-state index in [4.69, 9.17) is 4.74 Å². The first kappa shape index (κ1) is 20.8. The fourth-order valence-electron chi connectivity index (χ4n) is 4.86. The molecule has 0 aromatic carbocycles. The molecule has 2 aliphatic heterocycles. The first-order valence-corrected chi connectivity index (χ1v) is 11.4. The zero-order valence-corrected chi connectivity index (χ0v) is 18.3. The average molecular weight is 437 g/mol. The summed E-state index contributed by atoms with van der Waals surface area (Å²) in [7, 11) is 0. The number of H-pyrrole nitrogens is 1. The molecule has 5 rings (SSSR count). The van der Waals surface area contributed by atoms with Crippen molar-refractivity contribution >= 4 is 29.7 Å². The van der Waals surface area contributed by atoms with Gasteiger partial charge in [0.2, 0.25) is 0 Å². The molecule has 1 amide bonds. The summed E-state index contributed by atoms with van der Waals surface area (Å²) < 4.78 is 6.24. The van der Waals surface area contributed by atoms with E-state index in [0.29, 0.717) is 6.54 Å². The van der Waals surface area contributed by atoms with Gasteiger partial charge in [-0.2, -0.15) is 5.10 Å². The lowest BCUT2D eigenvalue weighted by molar-refractivity contribution is -0.0771. The van der Waals surface area contributed by atoms with E-state index in [1.165, 1.54) is 41.0 Å². The average Bonchev–Trinajstić information content (AvgIpc) is 3.25. The molecular formula is C21H29ClN4O2S. The predicted octanol–water partition coefficient (Wildman–Crippen LogP) is 3.24. The summed E-state index contributed by atoms with van der Waals surface area (Å²) in [6.45, 7) is 3.20. The predicted molar refractivity (Wildman–Crippen MR) is 116 cm³/mol. The Hall–Kier alpha value is -1.41.